The number of fused-ring (bicyclic) bond motifs is 1. The van der Waals surface area contributed by atoms with Gasteiger partial charge in [-0.2, -0.15) is 0 Å². The van der Waals surface area contributed by atoms with Crippen LogP contribution in [0.25, 0.3) is 16.8 Å². The zero-order chi connectivity index (χ0) is 18.2. The van der Waals surface area contributed by atoms with E-state index >= 15 is 0 Å². The van der Waals surface area contributed by atoms with Gasteiger partial charge in [-0.25, -0.2) is 0 Å². The van der Waals surface area contributed by atoms with Gasteiger partial charge >= 0.3 is 0 Å². The van der Waals surface area contributed by atoms with Gasteiger partial charge in [-0.05, 0) is 41.7 Å². The van der Waals surface area contributed by atoms with Gasteiger partial charge in [0.1, 0.15) is 0 Å². The van der Waals surface area contributed by atoms with E-state index in [0.29, 0.717) is 13.0 Å². The summed E-state index contributed by atoms with van der Waals surface area (Å²) < 4.78 is 0. The number of likely N-dealkylation sites (tertiary alicyclic amines) is 1. The highest BCUT2D eigenvalue weighted by atomic mass is 16.2. The van der Waals surface area contributed by atoms with Crippen molar-refractivity contribution in [3.05, 3.63) is 54.1 Å². The molecule has 0 aliphatic carbocycles. The summed E-state index contributed by atoms with van der Waals surface area (Å²) in [4.78, 5) is 25.9. The molecular formula is C22H26N2O2. The van der Waals surface area contributed by atoms with Crippen LogP contribution in [0.5, 0.6) is 0 Å². The minimum atomic E-state index is -0.0971. The Labute approximate surface area is 154 Å². The predicted octanol–water partition coefficient (Wildman–Crippen LogP) is 3.76. The monoisotopic (exact) mass is 350 g/mol. The second-order valence-corrected chi connectivity index (χ2v) is 6.74. The van der Waals surface area contributed by atoms with Crippen LogP contribution < -0.4 is 5.32 Å². The van der Waals surface area contributed by atoms with Crippen LogP contribution in [0.1, 0.15) is 37.7 Å². The Hall–Kier alpha value is -2.62. The fraction of sp³-hybridized carbons (Fsp3) is 0.364. The summed E-state index contributed by atoms with van der Waals surface area (Å²) in [6.07, 6.45) is 8.13. The number of nitrogens with one attached hydrogen (secondary N) is 1. The Morgan fingerprint density at radius 1 is 1.08 bits per heavy atom. The van der Waals surface area contributed by atoms with E-state index in [4.69, 9.17) is 0 Å². The van der Waals surface area contributed by atoms with E-state index in [1.54, 1.807) is 6.08 Å². The Morgan fingerprint density at radius 3 is 2.85 bits per heavy atom. The van der Waals surface area contributed by atoms with Crippen LogP contribution in [0, 0.1) is 0 Å². The largest absolute Gasteiger partial charge is 0.352 e. The zero-order valence-electron chi connectivity index (χ0n) is 15.1. The zero-order valence-corrected chi connectivity index (χ0v) is 15.1. The first-order chi connectivity index (χ1) is 12.7. The maximum atomic E-state index is 12.0. The number of carbonyl (C=O) groups is 2. The van der Waals surface area contributed by atoms with Crippen molar-refractivity contribution in [3.8, 4) is 0 Å². The molecule has 0 unspecified atom stereocenters. The molecule has 4 nitrogen and oxygen atoms in total. The highest BCUT2D eigenvalue weighted by Crippen LogP contribution is 2.19. The van der Waals surface area contributed by atoms with Crippen LogP contribution in [0.4, 0.5) is 0 Å². The Morgan fingerprint density at radius 2 is 1.92 bits per heavy atom. The van der Waals surface area contributed by atoms with Crippen molar-refractivity contribution in [2.75, 3.05) is 19.6 Å². The smallest absolute Gasteiger partial charge is 0.244 e. The van der Waals surface area contributed by atoms with Crippen molar-refractivity contribution in [2.24, 2.45) is 0 Å². The summed E-state index contributed by atoms with van der Waals surface area (Å²) in [5.74, 6) is 0.157. The van der Waals surface area contributed by atoms with Gasteiger partial charge in [0.15, 0.2) is 0 Å². The summed E-state index contributed by atoms with van der Waals surface area (Å²) in [6, 6.07) is 14.2. The second kappa shape index (κ2) is 9.18. The summed E-state index contributed by atoms with van der Waals surface area (Å²) in [5.41, 5.74) is 1.04. The second-order valence-electron chi connectivity index (χ2n) is 6.74. The number of nitrogens with zero attached hydrogens (tertiary/aromatic N) is 1. The van der Waals surface area contributed by atoms with Gasteiger partial charge in [-0.15, -0.1) is 0 Å². The number of carbonyl (C=O) groups excluding carboxylic acids is 2. The van der Waals surface area contributed by atoms with Crippen LogP contribution in [-0.2, 0) is 9.59 Å². The fourth-order valence-electron chi connectivity index (χ4n) is 3.38. The minimum Gasteiger partial charge on any atom is -0.352 e. The van der Waals surface area contributed by atoms with E-state index in [0.717, 1.165) is 55.1 Å². The molecule has 1 fully saturated rings. The molecular weight excluding hydrogens is 324 g/mol. The van der Waals surface area contributed by atoms with Crippen LogP contribution in [0.15, 0.2) is 48.5 Å². The molecule has 26 heavy (non-hydrogen) atoms. The van der Waals surface area contributed by atoms with Gasteiger partial charge in [0.2, 0.25) is 11.8 Å². The van der Waals surface area contributed by atoms with Crippen LogP contribution in [0.2, 0.25) is 0 Å². The molecule has 1 aliphatic heterocycles. The number of benzene rings is 2. The first-order valence-corrected chi connectivity index (χ1v) is 9.45. The van der Waals surface area contributed by atoms with E-state index < -0.39 is 0 Å². The average Bonchev–Trinajstić information content (AvgIpc) is 2.87. The van der Waals surface area contributed by atoms with Crippen molar-refractivity contribution < 1.29 is 9.59 Å². The summed E-state index contributed by atoms with van der Waals surface area (Å²) in [6.45, 7) is 2.17. The third-order valence-electron chi connectivity index (χ3n) is 4.81. The molecule has 136 valence electrons. The van der Waals surface area contributed by atoms with Gasteiger partial charge in [0.05, 0.1) is 0 Å². The standard InChI is InChI=1S/C22H26N2O2/c25-21(23-15-7-17-24-16-5-1-2-12-22(24)26)14-13-19-10-6-9-18-8-3-4-11-20(18)19/h3-4,6,8-11,13-14H,1-2,5,7,12,15-17H2,(H,23,25). The van der Waals surface area contributed by atoms with E-state index in [1.165, 1.54) is 0 Å². The molecule has 2 amide bonds. The lowest BCUT2D eigenvalue weighted by molar-refractivity contribution is -0.130. The normalized spacial score (nSPS) is 15.4. The van der Waals surface area contributed by atoms with Crippen molar-refractivity contribution in [1.29, 1.82) is 0 Å². The highest BCUT2D eigenvalue weighted by Gasteiger charge is 2.15. The summed E-state index contributed by atoms with van der Waals surface area (Å²) in [5, 5.41) is 5.21. The molecule has 2 aromatic carbocycles. The van der Waals surface area contributed by atoms with Crippen LogP contribution in [0.3, 0.4) is 0 Å². The topological polar surface area (TPSA) is 49.4 Å². The maximum Gasteiger partial charge on any atom is 0.244 e. The lowest BCUT2D eigenvalue weighted by Gasteiger charge is -2.20. The van der Waals surface area contributed by atoms with Gasteiger partial charge in [0.25, 0.3) is 0 Å². The molecule has 1 heterocycles. The molecule has 0 spiro atoms. The molecule has 3 rings (SSSR count). The van der Waals surface area contributed by atoms with E-state index in [1.807, 2.05) is 35.2 Å². The molecule has 1 N–H and O–H groups in total. The quantitative estimate of drug-likeness (QED) is 0.637. The molecule has 4 heteroatoms. The molecule has 1 saturated heterocycles. The predicted molar refractivity (Wildman–Crippen MR) is 106 cm³/mol. The van der Waals surface area contributed by atoms with Crippen molar-refractivity contribution in [2.45, 2.75) is 32.1 Å². The summed E-state index contributed by atoms with van der Waals surface area (Å²) >= 11 is 0. The summed E-state index contributed by atoms with van der Waals surface area (Å²) in [7, 11) is 0. The van der Waals surface area contributed by atoms with Gasteiger partial charge < -0.3 is 10.2 Å². The third-order valence-corrected chi connectivity index (χ3v) is 4.81. The van der Waals surface area contributed by atoms with Crippen molar-refractivity contribution in [3.63, 3.8) is 0 Å². The molecule has 1 aliphatic rings. The number of hydrogen-bond donors (Lipinski definition) is 1. The minimum absolute atomic E-state index is 0.0971. The number of hydrogen-bond acceptors (Lipinski definition) is 2. The third kappa shape index (κ3) is 4.94. The van der Waals surface area contributed by atoms with E-state index in [2.05, 4.69) is 23.5 Å². The van der Waals surface area contributed by atoms with Crippen molar-refractivity contribution >= 4 is 28.7 Å². The van der Waals surface area contributed by atoms with Crippen molar-refractivity contribution in [1.82, 2.24) is 10.2 Å². The lowest BCUT2D eigenvalue weighted by atomic mass is 10.0. The highest BCUT2D eigenvalue weighted by molar-refractivity contribution is 5.96. The molecule has 0 saturated carbocycles. The van der Waals surface area contributed by atoms with E-state index in [9.17, 15) is 9.59 Å². The van der Waals surface area contributed by atoms with Crippen LogP contribution in [-0.4, -0.2) is 36.3 Å². The maximum absolute atomic E-state index is 12.0. The Bertz CT molecular complexity index is 792. The fourth-order valence-corrected chi connectivity index (χ4v) is 3.38. The number of rotatable bonds is 6. The van der Waals surface area contributed by atoms with Crippen LogP contribution >= 0.6 is 0 Å². The molecule has 0 aromatic heterocycles. The molecule has 0 bridgehead atoms. The van der Waals surface area contributed by atoms with Gasteiger partial charge in [-0.3, -0.25) is 9.59 Å². The molecule has 0 radical (unpaired) electrons. The average molecular weight is 350 g/mol. The van der Waals surface area contributed by atoms with Gasteiger partial charge in [-0.1, -0.05) is 48.9 Å². The first-order valence-electron chi connectivity index (χ1n) is 9.45. The Balaban J connectivity index is 1.46. The van der Waals surface area contributed by atoms with Gasteiger partial charge in [0, 0.05) is 32.1 Å². The van der Waals surface area contributed by atoms with E-state index in [-0.39, 0.29) is 11.8 Å². The molecule has 0 atom stereocenters. The lowest BCUT2D eigenvalue weighted by Crippen LogP contribution is -2.33. The number of amides is 2. The first kappa shape index (κ1) is 18.2. The SMILES string of the molecule is O=C(C=Cc1cccc2ccccc12)NCCCN1CCCCCC1=O. The molecule has 2 aromatic rings. The Kier molecular flexibility index (Phi) is 6.42.